The Kier molecular flexibility index (Phi) is 11.3. The Morgan fingerprint density at radius 1 is 1.08 bits per heavy atom. The maximum absolute atomic E-state index is 12.4. The van der Waals surface area contributed by atoms with Crippen LogP contribution in [-0.4, -0.2) is 46.4 Å². The van der Waals surface area contributed by atoms with Crippen molar-refractivity contribution in [3.05, 3.63) is 23.8 Å². The molecule has 0 aromatic heterocycles. The van der Waals surface area contributed by atoms with Crippen molar-refractivity contribution < 1.29 is 18.7 Å². The Labute approximate surface area is 231 Å². The number of methoxy groups -OCH3 is 1. The standard InChI is InChI=1S/C26H44O4Si.C3H9BrSi/c1-17-13-19-10-9-18(2)22(25(19)23(14-17)28-6)12-11-20-15-21(16-24(27)29-20)30-31(7,8)26(3,4)5;1-5(2,3)4/h9-10,13,17-18,20-23,25H,11-12,14-16H2,1-8H3;1-3H3/t17-,18-,20+,21+,22-,23-,25-;/m0./s1. The van der Waals surface area contributed by atoms with Gasteiger partial charge in [0.1, 0.15) is 12.8 Å². The van der Waals surface area contributed by atoms with Crippen molar-refractivity contribution in [3.63, 3.8) is 0 Å². The van der Waals surface area contributed by atoms with Crippen LogP contribution in [0.1, 0.15) is 66.7 Å². The SMILES string of the molecule is CO[C@H]1C[C@@H](C)C=C2C=C[C@H](C)[C@H](CC[C@@H]3C[C@@H](O[Si](C)(C)C(C)(C)C)CC(=O)O3)[C@H]21.C[Si](C)(C)Br. The van der Waals surface area contributed by atoms with Gasteiger partial charge in [-0.2, -0.15) is 0 Å². The Morgan fingerprint density at radius 2 is 1.69 bits per heavy atom. The van der Waals surface area contributed by atoms with E-state index in [0.29, 0.717) is 30.1 Å². The number of allylic oxidation sites excluding steroid dienone is 3. The highest BCUT2D eigenvalue weighted by molar-refractivity contribution is 9.26. The van der Waals surface area contributed by atoms with Crippen LogP contribution in [0, 0.1) is 23.7 Å². The molecular weight excluding hydrogens is 548 g/mol. The molecule has 1 fully saturated rings. The smallest absolute Gasteiger partial charge is 0.308 e. The molecule has 1 saturated heterocycles. The van der Waals surface area contributed by atoms with Crippen LogP contribution >= 0.6 is 15.3 Å². The minimum atomic E-state index is -1.90. The minimum Gasteiger partial charge on any atom is -0.462 e. The van der Waals surface area contributed by atoms with Crippen molar-refractivity contribution in [2.45, 2.75) is 123 Å². The van der Waals surface area contributed by atoms with Gasteiger partial charge in [-0.15, -0.1) is 15.3 Å². The van der Waals surface area contributed by atoms with E-state index in [-0.39, 0.29) is 29.3 Å². The third-order valence-corrected chi connectivity index (χ3v) is 12.7. The van der Waals surface area contributed by atoms with Gasteiger partial charge in [-0.3, -0.25) is 4.79 Å². The van der Waals surface area contributed by atoms with Crippen LogP contribution in [0.25, 0.3) is 0 Å². The first-order valence-corrected chi connectivity index (χ1v) is 22.6. The quantitative estimate of drug-likeness (QED) is 0.174. The third-order valence-electron chi connectivity index (χ3n) is 8.21. The summed E-state index contributed by atoms with van der Waals surface area (Å²) in [6, 6.07) is 0. The lowest BCUT2D eigenvalue weighted by atomic mass is 9.65. The summed E-state index contributed by atoms with van der Waals surface area (Å²) in [7, 11) is -0.0492. The second-order valence-electron chi connectivity index (χ2n) is 13.8. The molecule has 0 spiro atoms. The zero-order chi connectivity index (χ0) is 27.5. The highest BCUT2D eigenvalue weighted by Crippen LogP contribution is 2.45. The van der Waals surface area contributed by atoms with Crippen LogP contribution < -0.4 is 0 Å². The molecule has 0 unspecified atom stereocenters. The zero-order valence-corrected chi connectivity index (χ0v) is 28.4. The second-order valence-corrected chi connectivity index (χ2v) is 29.8. The molecule has 4 nitrogen and oxygen atoms in total. The van der Waals surface area contributed by atoms with Crippen molar-refractivity contribution in [1.29, 1.82) is 0 Å². The van der Waals surface area contributed by atoms with Crippen LogP contribution in [0.3, 0.4) is 0 Å². The summed E-state index contributed by atoms with van der Waals surface area (Å²) in [4.78, 5) is 12.4. The van der Waals surface area contributed by atoms with Gasteiger partial charge < -0.3 is 13.9 Å². The van der Waals surface area contributed by atoms with Gasteiger partial charge in [0.2, 0.25) is 0 Å². The topological polar surface area (TPSA) is 44.8 Å². The molecule has 7 atom stereocenters. The third kappa shape index (κ3) is 9.51. The number of carbonyl (C=O) groups is 1. The summed E-state index contributed by atoms with van der Waals surface area (Å²) in [5.41, 5.74) is 1.44. The van der Waals surface area contributed by atoms with Crippen molar-refractivity contribution in [1.82, 2.24) is 0 Å². The van der Waals surface area contributed by atoms with Crippen LogP contribution in [-0.2, 0) is 18.7 Å². The first-order valence-electron chi connectivity index (χ1n) is 13.9. The van der Waals surface area contributed by atoms with Crippen molar-refractivity contribution in [2.75, 3.05) is 7.11 Å². The molecule has 208 valence electrons. The second kappa shape index (κ2) is 12.8. The van der Waals surface area contributed by atoms with E-state index in [1.807, 2.05) is 7.11 Å². The zero-order valence-electron chi connectivity index (χ0n) is 24.8. The Morgan fingerprint density at radius 3 is 2.25 bits per heavy atom. The fourth-order valence-electron chi connectivity index (χ4n) is 5.43. The van der Waals surface area contributed by atoms with Crippen LogP contribution in [0.4, 0.5) is 0 Å². The molecule has 0 radical (unpaired) electrons. The molecule has 3 aliphatic rings. The molecule has 0 bridgehead atoms. The molecule has 2 aliphatic carbocycles. The van der Waals surface area contributed by atoms with Gasteiger partial charge in [0.05, 0.1) is 18.6 Å². The summed E-state index contributed by atoms with van der Waals surface area (Å²) >= 11 is 3.51. The normalized spacial score (nSPS) is 33.2. The highest BCUT2D eigenvalue weighted by Gasteiger charge is 2.43. The maximum atomic E-state index is 12.4. The molecular formula is C29H53BrO4Si2. The number of carbonyl (C=O) groups excluding carboxylic acids is 1. The molecule has 0 aromatic carbocycles. The van der Waals surface area contributed by atoms with E-state index in [2.05, 4.69) is 101 Å². The van der Waals surface area contributed by atoms with Gasteiger partial charge in [0.25, 0.3) is 0 Å². The van der Waals surface area contributed by atoms with E-state index in [1.165, 1.54) is 5.57 Å². The number of hydrogen-bond donors (Lipinski definition) is 0. The Bertz CT molecular complexity index is 790. The lowest BCUT2D eigenvalue weighted by molar-refractivity contribution is -0.160. The largest absolute Gasteiger partial charge is 0.462 e. The van der Waals surface area contributed by atoms with E-state index in [4.69, 9.17) is 13.9 Å². The first-order chi connectivity index (χ1) is 16.4. The number of fused-ring (bicyclic) bond motifs is 1. The number of ether oxygens (including phenoxy) is 2. The van der Waals surface area contributed by atoms with Gasteiger partial charge in [0.15, 0.2) is 8.32 Å². The average Bonchev–Trinajstić information content (AvgIpc) is 2.69. The molecule has 0 aromatic rings. The molecule has 36 heavy (non-hydrogen) atoms. The Hall–Kier alpha value is -0.216. The van der Waals surface area contributed by atoms with E-state index in [1.54, 1.807) is 0 Å². The summed E-state index contributed by atoms with van der Waals surface area (Å²) < 4.78 is 18.3. The maximum Gasteiger partial charge on any atom is 0.308 e. The van der Waals surface area contributed by atoms with Gasteiger partial charge in [-0.1, -0.05) is 72.5 Å². The van der Waals surface area contributed by atoms with Crippen molar-refractivity contribution in [2.24, 2.45) is 23.7 Å². The van der Waals surface area contributed by atoms with E-state index in [0.717, 1.165) is 25.7 Å². The predicted octanol–water partition coefficient (Wildman–Crippen LogP) is 8.50. The van der Waals surface area contributed by atoms with Crippen LogP contribution in [0.2, 0.25) is 37.8 Å². The van der Waals surface area contributed by atoms with Crippen LogP contribution in [0.15, 0.2) is 23.8 Å². The summed E-state index contributed by atoms with van der Waals surface area (Å²) in [6.45, 7) is 21.8. The number of hydrogen-bond acceptors (Lipinski definition) is 4. The molecule has 0 N–H and O–H groups in total. The summed E-state index contributed by atoms with van der Waals surface area (Å²) in [5, 5.41) is 0.143. The number of cyclic esters (lactones) is 1. The lowest BCUT2D eigenvalue weighted by Crippen LogP contribution is -2.47. The number of rotatable bonds is 6. The van der Waals surface area contributed by atoms with E-state index in [9.17, 15) is 4.79 Å². The highest BCUT2D eigenvalue weighted by atomic mass is 79.9. The Balaban J connectivity index is 0.000000830. The van der Waals surface area contributed by atoms with Gasteiger partial charge >= 0.3 is 5.97 Å². The van der Waals surface area contributed by atoms with Gasteiger partial charge in [0, 0.05) is 19.4 Å². The van der Waals surface area contributed by atoms with E-state index < -0.39 is 15.0 Å². The van der Waals surface area contributed by atoms with Crippen LogP contribution in [0.5, 0.6) is 0 Å². The number of halogens is 1. The molecule has 3 rings (SSSR count). The molecule has 0 saturated carbocycles. The predicted molar refractivity (Wildman–Crippen MR) is 161 cm³/mol. The average molecular weight is 602 g/mol. The minimum absolute atomic E-state index is 0.00599. The first kappa shape index (κ1) is 32.0. The number of esters is 1. The van der Waals surface area contributed by atoms with Crippen molar-refractivity contribution in [3.8, 4) is 0 Å². The summed E-state index contributed by atoms with van der Waals surface area (Å²) in [5.74, 6) is 1.93. The lowest BCUT2D eigenvalue weighted by Gasteiger charge is -2.44. The molecule has 1 heterocycles. The summed E-state index contributed by atoms with van der Waals surface area (Å²) in [6.07, 6.45) is 11.6. The monoisotopic (exact) mass is 600 g/mol. The molecule has 0 amide bonds. The fraction of sp³-hybridized carbons (Fsp3) is 0.828. The van der Waals surface area contributed by atoms with Gasteiger partial charge in [-0.05, 0) is 60.7 Å². The fourth-order valence-corrected chi connectivity index (χ4v) is 6.79. The van der Waals surface area contributed by atoms with Gasteiger partial charge in [-0.25, -0.2) is 0 Å². The van der Waals surface area contributed by atoms with E-state index >= 15 is 0 Å². The van der Waals surface area contributed by atoms with Crippen molar-refractivity contribution >= 4 is 36.3 Å². The molecule has 7 heteroatoms. The molecule has 1 aliphatic heterocycles.